The number of carboxylic acids is 1. The van der Waals surface area contributed by atoms with Gasteiger partial charge in [0, 0.05) is 12.2 Å². The van der Waals surface area contributed by atoms with Crippen LogP contribution in [0.3, 0.4) is 0 Å². The highest BCUT2D eigenvalue weighted by Crippen LogP contribution is 2.15. The standard InChI is InChI=1S/C6H10N4O2S/c1-2-3-10(4-5(11)12)6(13)7-8-9-10/h2-4H2,1H3,(H-,7,9,11,12,13)/p+1. The number of carboxylic acid groups (broad SMARTS) is 1. The Balaban J connectivity index is 2.80. The minimum Gasteiger partial charge on any atom is -0.477 e. The van der Waals surface area contributed by atoms with E-state index in [0.29, 0.717) is 11.7 Å². The maximum Gasteiger partial charge on any atom is 0.362 e. The topological polar surface area (TPSA) is 74.0 Å². The first-order chi connectivity index (χ1) is 6.10. The van der Waals surface area contributed by atoms with Crippen molar-refractivity contribution < 1.29 is 14.5 Å². The number of hydrogen-bond acceptors (Lipinski definition) is 4. The Morgan fingerprint density at radius 1 is 1.77 bits per heavy atom. The van der Waals surface area contributed by atoms with E-state index in [1.165, 1.54) is 0 Å². The summed E-state index contributed by atoms with van der Waals surface area (Å²) in [6.07, 6.45) is 0.800. The molecule has 1 rings (SSSR count). The maximum atomic E-state index is 10.6. The molecule has 0 fully saturated rings. The molecule has 1 unspecified atom stereocenters. The molecule has 6 nitrogen and oxygen atoms in total. The lowest BCUT2D eigenvalue weighted by Gasteiger charge is -2.21. The fraction of sp³-hybridized carbons (Fsp3) is 0.667. The molecule has 7 heteroatoms. The lowest BCUT2D eigenvalue weighted by atomic mass is 10.4. The quantitative estimate of drug-likeness (QED) is 0.514. The molecule has 1 heterocycles. The number of carbonyl (C=O) groups is 1. The Morgan fingerprint density at radius 2 is 2.46 bits per heavy atom. The van der Waals surface area contributed by atoms with E-state index in [4.69, 9.17) is 17.3 Å². The monoisotopic (exact) mass is 203 g/mol. The van der Waals surface area contributed by atoms with Gasteiger partial charge < -0.3 is 5.11 Å². The molecule has 72 valence electrons. The van der Waals surface area contributed by atoms with Gasteiger partial charge in [0.1, 0.15) is 6.54 Å². The van der Waals surface area contributed by atoms with Crippen molar-refractivity contribution in [1.29, 1.82) is 0 Å². The third-order valence-electron chi connectivity index (χ3n) is 1.73. The number of quaternary nitrogens is 1. The van der Waals surface area contributed by atoms with E-state index in [1.807, 2.05) is 6.92 Å². The zero-order chi connectivity index (χ0) is 9.90. The van der Waals surface area contributed by atoms with E-state index in [1.54, 1.807) is 0 Å². The van der Waals surface area contributed by atoms with Crippen LogP contribution in [0.1, 0.15) is 13.3 Å². The van der Waals surface area contributed by atoms with E-state index >= 15 is 0 Å². The summed E-state index contributed by atoms with van der Waals surface area (Å²) >= 11 is 4.95. The molecule has 0 aromatic rings. The molecular formula is C6H11N4O2S+. The smallest absolute Gasteiger partial charge is 0.362 e. The Kier molecular flexibility index (Phi) is 2.89. The van der Waals surface area contributed by atoms with Gasteiger partial charge in [-0.25, -0.2) is 4.79 Å². The molecule has 0 aromatic carbocycles. The van der Waals surface area contributed by atoms with Crippen molar-refractivity contribution in [2.45, 2.75) is 13.3 Å². The lowest BCUT2D eigenvalue weighted by molar-refractivity contribution is -0.839. The molecule has 13 heavy (non-hydrogen) atoms. The summed E-state index contributed by atoms with van der Waals surface area (Å²) < 4.78 is -0.110. The molecule has 0 spiro atoms. The van der Waals surface area contributed by atoms with Gasteiger partial charge in [-0.05, 0) is 11.6 Å². The highest BCUT2D eigenvalue weighted by Gasteiger charge is 2.40. The van der Waals surface area contributed by atoms with Gasteiger partial charge in [-0.2, -0.15) is 5.43 Å². The summed E-state index contributed by atoms with van der Waals surface area (Å²) in [4.78, 5) is 10.6. The van der Waals surface area contributed by atoms with Crippen LogP contribution in [0.4, 0.5) is 0 Å². The first-order valence-electron chi connectivity index (χ1n) is 3.92. The van der Waals surface area contributed by atoms with E-state index in [9.17, 15) is 4.79 Å². The third kappa shape index (κ3) is 1.99. The van der Waals surface area contributed by atoms with Crippen LogP contribution in [0, 0.1) is 0 Å². The number of hydrogen-bond donors (Lipinski definition) is 2. The van der Waals surface area contributed by atoms with Crippen molar-refractivity contribution in [1.82, 2.24) is 5.43 Å². The van der Waals surface area contributed by atoms with Gasteiger partial charge in [0.05, 0.1) is 5.22 Å². The zero-order valence-electron chi connectivity index (χ0n) is 7.23. The largest absolute Gasteiger partial charge is 0.477 e. The van der Waals surface area contributed by atoms with Crippen LogP contribution in [0.2, 0.25) is 0 Å². The summed E-state index contributed by atoms with van der Waals surface area (Å²) in [7, 11) is 0. The molecule has 0 aromatic heterocycles. The number of nitrogens with zero attached hydrogens (tertiary/aromatic N) is 3. The van der Waals surface area contributed by atoms with Crippen LogP contribution in [-0.2, 0) is 4.79 Å². The van der Waals surface area contributed by atoms with Gasteiger partial charge >= 0.3 is 11.1 Å². The zero-order valence-corrected chi connectivity index (χ0v) is 8.04. The molecule has 1 aliphatic rings. The molecule has 0 aliphatic carbocycles. The van der Waals surface area contributed by atoms with Gasteiger partial charge in [0.15, 0.2) is 0 Å². The third-order valence-corrected chi connectivity index (χ3v) is 2.16. The molecule has 0 saturated carbocycles. The van der Waals surface area contributed by atoms with Gasteiger partial charge in [0.2, 0.25) is 6.54 Å². The van der Waals surface area contributed by atoms with Crippen LogP contribution in [0.25, 0.3) is 0 Å². The van der Waals surface area contributed by atoms with Crippen LogP contribution >= 0.6 is 12.2 Å². The van der Waals surface area contributed by atoms with Crippen molar-refractivity contribution in [3.05, 3.63) is 0 Å². The summed E-state index contributed by atoms with van der Waals surface area (Å²) in [6, 6.07) is 0. The average molecular weight is 203 g/mol. The molecule has 0 bridgehead atoms. The van der Waals surface area contributed by atoms with Crippen molar-refractivity contribution in [2.24, 2.45) is 10.4 Å². The van der Waals surface area contributed by atoms with E-state index in [2.05, 4.69) is 15.9 Å². The fourth-order valence-corrected chi connectivity index (χ4v) is 1.44. The SMILES string of the molecule is CCC[N+]1(CC(=O)O)N=NNC1=S. The van der Waals surface area contributed by atoms with Crippen LogP contribution in [-0.4, -0.2) is 33.9 Å². The predicted octanol–water partition coefficient (Wildman–Crippen LogP) is 0.468. The molecular weight excluding hydrogens is 192 g/mol. The second-order valence-electron chi connectivity index (χ2n) is 2.80. The fourth-order valence-electron chi connectivity index (χ4n) is 1.21. The van der Waals surface area contributed by atoms with E-state index in [0.717, 1.165) is 6.42 Å². The number of thiocarbonyl (C=S) groups is 1. The lowest BCUT2D eigenvalue weighted by Crippen LogP contribution is -2.51. The number of rotatable bonds is 4. The van der Waals surface area contributed by atoms with Crippen molar-refractivity contribution >= 4 is 23.3 Å². The van der Waals surface area contributed by atoms with Gasteiger partial charge in [-0.15, -0.1) is 4.59 Å². The maximum absolute atomic E-state index is 10.6. The highest BCUT2D eigenvalue weighted by molar-refractivity contribution is 7.79. The summed E-state index contributed by atoms with van der Waals surface area (Å²) in [6.45, 7) is 2.35. The first kappa shape index (κ1) is 10.0. The number of aliphatic carboxylic acids is 1. The minimum atomic E-state index is -0.932. The van der Waals surface area contributed by atoms with Crippen LogP contribution in [0.15, 0.2) is 10.4 Å². The predicted molar refractivity (Wildman–Crippen MR) is 48.5 cm³/mol. The molecule has 0 amide bonds. The summed E-state index contributed by atoms with van der Waals surface area (Å²) in [5.74, 6) is -0.932. The molecule has 0 radical (unpaired) electrons. The first-order valence-corrected chi connectivity index (χ1v) is 4.33. The minimum absolute atomic E-state index is 0.110. The molecule has 1 atom stereocenters. The molecule has 2 N–H and O–H groups in total. The second kappa shape index (κ2) is 3.75. The van der Waals surface area contributed by atoms with Crippen molar-refractivity contribution in [2.75, 3.05) is 13.1 Å². The average Bonchev–Trinajstić information content (AvgIpc) is 2.32. The second-order valence-corrected chi connectivity index (χ2v) is 3.19. The van der Waals surface area contributed by atoms with Crippen LogP contribution < -0.4 is 5.43 Å². The Morgan fingerprint density at radius 3 is 2.85 bits per heavy atom. The Bertz CT molecular complexity index is 267. The summed E-state index contributed by atoms with van der Waals surface area (Å²) in [5, 5.41) is 16.4. The van der Waals surface area contributed by atoms with Gasteiger partial charge in [0.25, 0.3) is 0 Å². The van der Waals surface area contributed by atoms with Crippen molar-refractivity contribution in [3.63, 3.8) is 0 Å². The normalized spacial score (nSPS) is 26.1. The van der Waals surface area contributed by atoms with Gasteiger partial charge in [-0.3, -0.25) is 0 Å². The van der Waals surface area contributed by atoms with E-state index < -0.39 is 5.97 Å². The summed E-state index contributed by atoms with van der Waals surface area (Å²) in [5.41, 5.74) is 2.50. The molecule has 0 saturated heterocycles. The van der Waals surface area contributed by atoms with Crippen molar-refractivity contribution in [3.8, 4) is 0 Å². The van der Waals surface area contributed by atoms with E-state index in [-0.39, 0.29) is 11.1 Å². The number of nitrogens with one attached hydrogen (secondary N) is 1. The Hall–Kier alpha value is -1.08. The molecule has 1 aliphatic heterocycles. The van der Waals surface area contributed by atoms with Gasteiger partial charge in [-0.1, -0.05) is 6.92 Å². The van der Waals surface area contributed by atoms with Crippen LogP contribution in [0.5, 0.6) is 0 Å². The highest BCUT2D eigenvalue weighted by atomic mass is 32.1. The Labute approximate surface area is 80.8 Å².